The fourth-order valence-electron chi connectivity index (χ4n) is 2.70. The molecule has 1 saturated heterocycles. The smallest absolute Gasteiger partial charge is 0.298 e. The number of hydrogen-bond donors (Lipinski definition) is 0. The number of halogens is 3. The van der Waals surface area contributed by atoms with Crippen LogP contribution < -0.4 is 4.90 Å². The topological polar surface area (TPSA) is 50.5 Å². The van der Waals surface area contributed by atoms with E-state index >= 15 is 0 Å². The van der Waals surface area contributed by atoms with Crippen molar-refractivity contribution in [2.24, 2.45) is 0 Å². The van der Waals surface area contributed by atoms with Gasteiger partial charge in [-0.3, -0.25) is 9.59 Å². The SMILES string of the molecule is O=C1S/C(=C/c2ccc(-c3cc(Cl)ccc3Cl)o2)C(=O)N1c1cccc(Cl)c1. The summed E-state index contributed by atoms with van der Waals surface area (Å²) in [4.78, 5) is 26.4. The van der Waals surface area contributed by atoms with Crippen molar-refractivity contribution in [3.63, 3.8) is 0 Å². The molecule has 2 amide bonds. The number of nitrogens with zero attached hydrogens (tertiary/aromatic N) is 1. The number of amides is 2. The molecule has 2 heterocycles. The van der Waals surface area contributed by atoms with Crippen LogP contribution in [0.5, 0.6) is 0 Å². The molecular formula is C20H10Cl3NO3S. The summed E-state index contributed by atoms with van der Waals surface area (Å²) in [5.74, 6) is 0.492. The van der Waals surface area contributed by atoms with Crippen LogP contribution in [0.4, 0.5) is 10.5 Å². The predicted molar refractivity (Wildman–Crippen MR) is 114 cm³/mol. The molecule has 8 heteroatoms. The zero-order chi connectivity index (χ0) is 19.8. The van der Waals surface area contributed by atoms with Crippen molar-refractivity contribution < 1.29 is 14.0 Å². The van der Waals surface area contributed by atoms with Gasteiger partial charge in [0.05, 0.1) is 15.6 Å². The van der Waals surface area contributed by atoms with Crippen molar-refractivity contribution in [1.29, 1.82) is 0 Å². The van der Waals surface area contributed by atoms with Crippen molar-refractivity contribution in [3.8, 4) is 11.3 Å². The highest BCUT2D eigenvalue weighted by Crippen LogP contribution is 2.37. The van der Waals surface area contributed by atoms with E-state index in [1.807, 2.05) is 0 Å². The minimum absolute atomic E-state index is 0.253. The van der Waals surface area contributed by atoms with E-state index in [-0.39, 0.29) is 4.91 Å². The van der Waals surface area contributed by atoms with E-state index in [2.05, 4.69) is 0 Å². The zero-order valence-corrected chi connectivity index (χ0v) is 17.1. The maximum Gasteiger partial charge on any atom is 0.298 e. The van der Waals surface area contributed by atoms with Gasteiger partial charge < -0.3 is 4.42 Å². The molecule has 140 valence electrons. The van der Waals surface area contributed by atoms with Crippen LogP contribution in [-0.4, -0.2) is 11.1 Å². The molecule has 28 heavy (non-hydrogen) atoms. The maximum atomic E-state index is 12.7. The Hall–Kier alpha value is -2.18. The van der Waals surface area contributed by atoms with Crippen molar-refractivity contribution >= 4 is 69.5 Å². The number of thioether (sulfide) groups is 1. The van der Waals surface area contributed by atoms with E-state index in [1.165, 1.54) is 6.08 Å². The highest BCUT2D eigenvalue weighted by Gasteiger charge is 2.36. The van der Waals surface area contributed by atoms with Gasteiger partial charge in [-0.25, -0.2) is 4.90 Å². The fraction of sp³-hybridized carbons (Fsp3) is 0. The largest absolute Gasteiger partial charge is 0.457 e. The lowest BCUT2D eigenvalue weighted by Gasteiger charge is -2.12. The Kier molecular flexibility index (Phi) is 5.25. The van der Waals surface area contributed by atoms with Crippen LogP contribution in [-0.2, 0) is 4.79 Å². The van der Waals surface area contributed by atoms with Crippen LogP contribution >= 0.6 is 46.6 Å². The molecule has 0 aliphatic carbocycles. The number of imide groups is 1. The second-order valence-corrected chi connectivity index (χ2v) is 8.10. The van der Waals surface area contributed by atoms with E-state index in [1.54, 1.807) is 54.6 Å². The number of benzene rings is 2. The Morgan fingerprint density at radius 1 is 0.929 bits per heavy atom. The Bertz CT molecular complexity index is 1140. The third-order valence-electron chi connectivity index (χ3n) is 3.95. The molecule has 2 aromatic carbocycles. The summed E-state index contributed by atoms with van der Waals surface area (Å²) in [7, 11) is 0. The molecule has 1 aliphatic heterocycles. The minimum atomic E-state index is -0.434. The molecule has 1 aliphatic rings. The third-order valence-corrected chi connectivity index (χ3v) is 5.62. The number of anilines is 1. The van der Waals surface area contributed by atoms with Gasteiger partial charge in [-0.05, 0) is 60.3 Å². The first-order chi connectivity index (χ1) is 13.4. The van der Waals surface area contributed by atoms with Gasteiger partial charge in [-0.2, -0.15) is 0 Å². The minimum Gasteiger partial charge on any atom is -0.457 e. The maximum absolute atomic E-state index is 12.7. The van der Waals surface area contributed by atoms with Gasteiger partial charge in [0.15, 0.2) is 0 Å². The Morgan fingerprint density at radius 2 is 1.71 bits per heavy atom. The van der Waals surface area contributed by atoms with Crippen LogP contribution in [0.3, 0.4) is 0 Å². The highest BCUT2D eigenvalue weighted by molar-refractivity contribution is 8.19. The summed E-state index contributed by atoms with van der Waals surface area (Å²) >= 11 is 19.0. The highest BCUT2D eigenvalue weighted by atomic mass is 35.5. The average molecular weight is 451 g/mol. The molecule has 3 aromatic rings. The van der Waals surface area contributed by atoms with E-state index in [0.717, 1.165) is 16.7 Å². The standard InChI is InChI=1S/C20H10Cl3NO3S/c21-11-2-1-3-13(8-11)24-19(25)18(28-20(24)26)10-14-5-7-17(27-14)15-9-12(22)4-6-16(15)23/h1-10H/b18-10+. The normalized spacial score (nSPS) is 15.7. The van der Waals surface area contributed by atoms with Crippen molar-refractivity contribution in [3.05, 3.63) is 80.3 Å². The van der Waals surface area contributed by atoms with E-state index < -0.39 is 11.1 Å². The number of hydrogen-bond acceptors (Lipinski definition) is 4. The Morgan fingerprint density at radius 3 is 2.50 bits per heavy atom. The molecule has 4 rings (SSSR count). The van der Waals surface area contributed by atoms with Gasteiger partial charge in [0.1, 0.15) is 11.5 Å². The summed E-state index contributed by atoms with van der Waals surface area (Å²) in [6, 6.07) is 15.0. The number of carbonyl (C=O) groups is 2. The van der Waals surface area contributed by atoms with Crippen LogP contribution in [0.25, 0.3) is 17.4 Å². The third kappa shape index (κ3) is 3.71. The molecule has 1 aromatic heterocycles. The van der Waals surface area contributed by atoms with Crippen molar-refractivity contribution in [2.45, 2.75) is 0 Å². The summed E-state index contributed by atoms with van der Waals surface area (Å²) in [6.07, 6.45) is 1.53. The first kappa shape index (κ1) is 19.2. The van der Waals surface area contributed by atoms with E-state index in [9.17, 15) is 9.59 Å². The second-order valence-electron chi connectivity index (χ2n) is 5.82. The first-order valence-corrected chi connectivity index (χ1v) is 9.96. The van der Waals surface area contributed by atoms with Gasteiger partial charge in [-0.1, -0.05) is 40.9 Å². The molecule has 0 unspecified atom stereocenters. The van der Waals surface area contributed by atoms with Crippen molar-refractivity contribution in [2.75, 3.05) is 4.90 Å². The van der Waals surface area contributed by atoms with Crippen molar-refractivity contribution in [1.82, 2.24) is 0 Å². The summed E-state index contributed by atoms with van der Waals surface area (Å²) in [5.41, 5.74) is 1.06. The number of rotatable bonds is 3. The predicted octanol–water partition coefficient (Wildman–Crippen LogP) is 7.15. The van der Waals surface area contributed by atoms with Crippen LogP contribution in [0, 0.1) is 0 Å². The lowest BCUT2D eigenvalue weighted by Crippen LogP contribution is -2.27. The van der Waals surface area contributed by atoms with Gasteiger partial charge in [0.2, 0.25) is 0 Å². The van der Waals surface area contributed by atoms with Gasteiger partial charge in [0, 0.05) is 21.7 Å². The molecule has 0 bridgehead atoms. The molecule has 1 fully saturated rings. The molecule has 0 spiro atoms. The lowest BCUT2D eigenvalue weighted by atomic mass is 10.2. The summed E-state index contributed by atoms with van der Waals surface area (Å²) < 4.78 is 5.78. The first-order valence-electron chi connectivity index (χ1n) is 8.01. The molecular weight excluding hydrogens is 441 g/mol. The zero-order valence-electron chi connectivity index (χ0n) is 14.0. The molecule has 4 nitrogen and oxygen atoms in total. The summed E-state index contributed by atoms with van der Waals surface area (Å²) in [5, 5.41) is 1.06. The van der Waals surface area contributed by atoms with Gasteiger partial charge >= 0.3 is 0 Å². The van der Waals surface area contributed by atoms with E-state index in [0.29, 0.717) is 37.8 Å². The van der Waals surface area contributed by atoms with E-state index in [4.69, 9.17) is 39.2 Å². The Labute approximate surface area is 179 Å². The Balaban J connectivity index is 1.64. The molecule has 0 atom stereocenters. The lowest BCUT2D eigenvalue weighted by molar-refractivity contribution is -0.113. The van der Waals surface area contributed by atoms with Gasteiger partial charge in [0.25, 0.3) is 11.1 Å². The monoisotopic (exact) mass is 449 g/mol. The fourth-order valence-corrected chi connectivity index (χ4v) is 4.08. The average Bonchev–Trinajstić information content (AvgIpc) is 3.22. The number of furan rings is 1. The van der Waals surface area contributed by atoms with Crippen LogP contribution in [0.15, 0.2) is 63.9 Å². The van der Waals surface area contributed by atoms with Crippen LogP contribution in [0.2, 0.25) is 15.1 Å². The van der Waals surface area contributed by atoms with Gasteiger partial charge in [-0.15, -0.1) is 0 Å². The second kappa shape index (κ2) is 7.68. The number of carbonyl (C=O) groups excluding carboxylic acids is 2. The summed E-state index contributed by atoms with van der Waals surface area (Å²) in [6.45, 7) is 0. The molecule has 0 N–H and O–H groups in total. The molecule has 0 radical (unpaired) electrons. The quantitative estimate of drug-likeness (QED) is 0.398. The molecule has 0 saturated carbocycles. The van der Waals surface area contributed by atoms with Crippen LogP contribution in [0.1, 0.15) is 5.76 Å².